The molecule has 0 aliphatic carbocycles. The van der Waals surface area contributed by atoms with E-state index in [0.29, 0.717) is 21.0 Å². The van der Waals surface area contributed by atoms with Crippen molar-refractivity contribution in [2.75, 3.05) is 11.9 Å². The Morgan fingerprint density at radius 3 is 2.67 bits per heavy atom. The van der Waals surface area contributed by atoms with Crippen molar-refractivity contribution >= 4 is 51.9 Å². The lowest BCUT2D eigenvalue weighted by molar-refractivity contribution is -0.115. The minimum atomic E-state index is -0.115. The Balaban J connectivity index is 1.64. The number of rotatable bonds is 2. The molecule has 0 unspecified atom stereocenters. The van der Waals surface area contributed by atoms with Crippen LogP contribution in [0.25, 0.3) is 6.08 Å². The molecule has 4 nitrogen and oxygen atoms in total. The Morgan fingerprint density at radius 2 is 1.97 bits per heavy atom. The highest BCUT2D eigenvalue weighted by molar-refractivity contribution is 8.18. The lowest BCUT2D eigenvalue weighted by atomic mass is 9.79. The number of aliphatic imine (C=N–C) groups is 1. The fourth-order valence-electron chi connectivity index (χ4n) is 4.14. The molecule has 30 heavy (non-hydrogen) atoms. The first-order valence-electron chi connectivity index (χ1n) is 10.1. The standard InChI is InChI=1S/C24H26ClN3OS/c1-14-10-20-19(15(2)13-24(3,4)28(20)5)11-16(14)12-21-22(29)27-23(30-21)26-18-8-6-17(25)7-9-18/h6-12,15H,13H2,1-5H3,(H,26,27,29)/b21-12-/t15-/m0/s1. The zero-order valence-electron chi connectivity index (χ0n) is 17.9. The van der Waals surface area contributed by atoms with E-state index >= 15 is 0 Å². The van der Waals surface area contributed by atoms with Crippen LogP contribution in [-0.4, -0.2) is 23.7 Å². The SMILES string of the molecule is Cc1cc2c(cc1/C=C1\SC(=Nc3ccc(Cl)cc3)NC1=O)[C@@H](C)CC(C)(C)N2C. The second kappa shape index (κ2) is 7.78. The number of aryl methyl sites for hydroxylation is 1. The highest BCUT2D eigenvalue weighted by Gasteiger charge is 2.34. The average Bonchev–Trinajstić information content (AvgIpc) is 3.01. The van der Waals surface area contributed by atoms with E-state index in [2.05, 4.69) is 62.1 Å². The molecule has 2 heterocycles. The van der Waals surface area contributed by atoms with Crippen molar-refractivity contribution in [2.24, 2.45) is 4.99 Å². The van der Waals surface area contributed by atoms with E-state index in [9.17, 15) is 4.79 Å². The van der Waals surface area contributed by atoms with Crippen molar-refractivity contribution in [3.05, 3.63) is 63.0 Å². The zero-order chi connectivity index (χ0) is 21.6. The van der Waals surface area contributed by atoms with E-state index < -0.39 is 0 Å². The van der Waals surface area contributed by atoms with Crippen LogP contribution in [0.5, 0.6) is 0 Å². The van der Waals surface area contributed by atoms with Crippen molar-refractivity contribution in [3.63, 3.8) is 0 Å². The molecule has 156 valence electrons. The Bertz CT molecular complexity index is 1070. The van der Waals surface area contributed by atoms with E-state index in [1.165, 1.54) is 23.0 Å². The topological polar surface area (TPSA) is 44.7 Å². The Hall–Kier alpha value is -2.24. The number of amidine groups is 1. The van der Waals surface area contributed by atoms with Gasteiger partial charge in [0, 0.05) is 23.3 Å². The van der Waals surface area contributed by atoms with E-state index in [1.807, 2.05) is 18.2 Å². The normalized spacial score (nSPS) is 23.1. The zero-order valence-corrected chi connectivity index (χ0v) is 19.5. The van der Waals surface area contributed by atoms with Gasteiger partial charge in [-0.2, -0.15) is 0 Å². The monoisotopic (exact) mass is 439 g/mol. The number of halogens is 1. The molecule has 0 radical (unpaired) electrons. The molecule has 1 N–H and O–H groups in total. The van der Waals surface area contributed by atoms with Gasteiger partial charge in [-0.05, 0) is 104 Å². The van der Waals surface area contributed by atoms with Crippen LogP contribution in [0.1, 0.15) is 49.8 Å². The fraction of sp³-hybridized carbons (Fsp3) is 0.333. The summed E-state index contributed by atoms with van der Waals surface area (Å²) >= 11 is 7.30. The number of benzene rings is 2. The van der Waals surface area contributed by atoms with Crippen molar-refractivity contribution in [2.45, 2.75) is 45.6 Å². The smallest absolute Gasteiger partial charge is 0.264 e. The molecular weight excluding hydrogens is 414 g/mol. The number of amides is 1. The maximum Gasteiger partial charge on any atom is 0.264 e. The Morgan fingerprint density at radius 1 is 1.27 bits per heavy atom. The maximum absolute atomic E-state index is 12.5. The summed E-state index contributed by atoms with van der Waals surface area (Å²) in [7, 11) is 2.17. The first-order valence-corrected chi connectivity index (χ1v) is 11.3. The summed E-state index contributed by atoms with van der Waals surface area (Å²) in [4.78, 5) is 20.1. The van der Waals surface area contributed by atoms with Gasteiger partial charge in [-0.15, -0.1) is 0 Å². The van der Waals surface area contributed by atoms with Crippen molar-refractivity contribution in [3.8, 4) is 0 Å². The van der Waals surface area contributed by atoms with E-state index in [4.69, 9.17) is 11.6 Å². The number of hydrogen-bond acceptors (Lipinski definition) is 4. The highest BCUT2D eigenvalue weighted by Crippen LogP contribution is 2.44. The number of nitrogens with zero attached hydrogens (tertiary/aromatic N) is 2. The molecule has 1 fully saturated rings. The number of carbonyl (C=O) groups excluding carboxylic acids is 1. The van der Waals surface area contributed by atoms with Crippen LogP contribution in [0.2, 0.25) is 5.02 Å². The third kappa shape index (κ3) is 4.01. The Kier molecular flexibility index (Phi) is 5.45. The number of carbonyl (C=O) groups is 1. The van der Waals surface area contributed by atoms with Crippen molar-refractivity contribution in [1.29, 1.82) is 0 Å². The van der Waals surface area contributed by atoms with Crippen LogP contribution in [-0.2, 0) is 4.79 Å². The third-order valence-corrected chi connectivity index (χ3v) is 7.18. The average molecular weight is 440 g/mol. The molecule has 0 bridgehead atoms. The van der Waals surface area contributed by atoms with Crippen LogP contribution in [0.15, 0.2) is 46.3 Å². The van der Waals surface area contributed by atoms with Crippen LogP contribution < -0.4 is 10.2 Å². The highest BCUT2D eigenvalue weighted by atomic mass is 35.5. The number of anilines is 1. The summed E-state index contributed by atoms with van der Waals surface area (Å²) in [5.74, 6) is 0.354. The quantitative estimate of drug-likeness (QED) is 0.561. The first-order chi connectivity index (χ1) is 14.1. The lowest BCUT2D eigenvalue weighted by Gasteiger charge is -2.45. The van der Waals surface area contributed by atoms with Crippen LogP contribution in [0, 0.1) is 6.92 Å². The number of fused-ring (bicyclic) bond motifs is 1. The summed E-state index contributed by atoms with van der Waals surface area (Å²) in [6.45, 7) is 8.97. The fourth-order valence-corrected chi connectivity index (χ4v) is 5.10. The first kappa shape index (κ1) is 21.0. The molecule has 4 rings (SSSR count). The summed E-state index contributed by atoms with van der Waals surface area (Å²) in [5.41, 5.74) is 5.76. The number of hydrogen-bond donors (Lipinski definition) is 1. The molecule has 6 heteroatoms. The summed E-state index contributed by atoms with van der Waals surface area (Å²) in [5, 5.41) is 4.10. The predicted molar refractivity (Wildman–Crippen MR) is 129 cm³/mol. The van der Waals surface area contributed by atoms with Gasteiger partial charge in [0.15, 0.2) is 5.17 Å². The predicted octanol–water partition coefficient (Wildman–Crippen LogP) is 6.26. The van der Waals surface area contributed by atoms with Gasteiger partial charge in [0.05, 0.1) is 10.6 Å². The van der Waals surface area contributed by atoms with Gasteiger partial charge < -0.3 is 10.2 Å². The second-order valence-corrected chi connectivity index (χ2v) is 10.2. The molecule has 2 aromatic rings. The van der Waals surface area contributed by atoms with Gasteiger partial charge in [0.1, 0.15) is 0 Å². The molecule has 0 aromatic heterocycles. The third-order valence-electron chi connectivity index (χ3n) is 6.02. The summed E-state index contributed by atoms with van der Waals surface area (Å²) in [6.07, 6.45) is 3.08. The second-order valence-electron chi connectivity index (χ2n) is 8.70. The molecule has 0 spiro atoms. The molecule has 2 aromatic carbocycles. The molecule has 2 aliphatic heterocycles. The molecule has 1 saturated heterocycles. The van der Waals surface area contributed by atoms with Gasteiger partial charge in [0.25, 0.3) is 5.91 Å². The van der Waals surface area contributed by atoms with Gasteiger partial charge in [0.2, 0.25) is 0 Å². The molecule has 2 aliphatic rings. The molecular formula is C24H26ClN3OS. The van der Waals surface area contributed by atoms with Gasteiger partial charge >= 0.3 is 0 Å². The minimum absolute atomic E-state index is 0.115. The maximum atomic E-state index is 12.5. The van der Waals surface area contributed by atoms with Gasteiger partial charge in [-0.25, -0.2) is 4.99 Å². The van der Waals surface area contributed by atoms with E-state index in [0.717, 1.165) is 23.2 Å². The summed E-state index contributed by atoms with van der Waals surface area (Å²) < 4.78 is 0. The lowest BCUT2D eigenvalue weighted by Crippen LogP contribution is -2.45. The molecule has 0 saturated carbocycles. The van der Waals surface area contributed by atoms with Crippen molar-refractivity contribution < 1.29 is 4.79 Å². The van der Waals surface area contributed by atoms with E-state index in [-0.39, 0.29) is 11.4 Å². The van der Waals surface area contributed by atoms with Crippen LogP contribution in [0.3, 0.4) is 0 Å². The molecule has 1 amide bonds. The minimum Gasteiger partial charge on any atom is -0.369 e. The van der Waals surface area contributed by atoms with Crippen LogP contribution in [0.4, 0.5) is 11.4 Å². The molecule has 1 atom stereocenters. The van der Waals surface area contributed by atoms with Gasteiger partial charge in [-0.1, -0.05) is 18.5 Å². The number of thioether (sulfide) groups is 1. The largest absolute Gasteiger partial charge is 0.369 e. The number of nitrogens with one attached hydrogen (secondary N) is 1. The van der Waals surface area contributed by atoms with Gasteiger partial charge in [-0.3, -0.25) is 4.79 Å². The summed E-state index contributed by atoms with van der Waals surface area (Å²) in [6, 6.07) is 11.7. The van der Waals surface area contributed by atoms with Crippen LogP contribution >= 0.6 is 23.4 Å². The Labute approximate surface area is 187 Å². The van der Waals surface area contributed by atoms with E-state index in [1.54, 1.807) is 12.1 Å². The van der Waals surface area contributed by atoms with Crippen molar-refractivity contribution in [1.82, 2.24) is 5.32 Å².